The standard InChI is InChI=1S/C24H26FN5O2/c1-28(2)24(31)17-13-19-23(27-22(15-26-19)29-9-11-32-12-10-29)21(14-17)30-8-7-20(30)16-3-5-18(25)6-4-16/h3-6,13-15,20H,7-12H2,1-2H3. The van der Waals surface area contributed by atoms with Crippen LogP contribution in [0.25, 0.3) is 11.0 Å². The van der Waals surface area contributed by atoms with Gasteiger partial charge in [-0.2, -0.15) is 0 Å². The average molecular weight is 436 g/mol. The fraction of sp³-hybridized carbons (Fsp3) is 0.375. The summed E-state index contributed by atoms with van der Waals surface area (Å²) < 4.78 is 18.9. The van der Waals surface area contributed by atoms with Crippen LogP contribution in [0.2, 0.25) is 0 Å². The highest BCUT2D eigenvalue weighted by Gasteiger charge is 2.32. The number of amides is 1. The second kappa shape index (κ2) is 8.35. The lowest BCUT2D eigenvalue weighted by atomic mass is 9.93. The van der Waals surface area contributed by atoms with Crippen LogP contribution in [0.4, 0.5) is 15.9 Å². The molecule has 2 aliphatic heterocycles. The van der Waals surface area contributed by atoms with Crippen molar-refractivity contribution in [3.8, 4) is 0 Å². The third-order valence-corrected chi connectivity index (χ3v) is 6.19. The Bertz CT molecular complexity index is 1150. The van der Waals surface area contributed by atoms with Gasteiger partial charge in [-0.25, -0.2) is 9.37 Å². The zero-order valence-corrected chi connectivity index (χ0v) is 18.3. The van der Waals surface area contributed by atoms with Gasteiger partial charge in [0.2, 0.25) is 0 Å². The Labute approximate surface area is 186 Å². The van der Waals surface area contributed by atoms with Gasteiger partial charge in [0, 0.05) is 39.3 Å². The minimum atomic E-state index is -0.246. The van der Waals surface area contributed by atoms with E-state index in [1.54, 1.807) is 25.2 Å². The summed E-state index contributed by atoms with van der Waals surface area (Å²) in [5.41, 5.74) is 3.98. The van der Waals surface area contributed by atoms with E-state index in [0.717, 1.165) is 48.6 Å². The molecule has 0 saturated carbocycles. The average Bonchev–Trinajstić information content (AvgIpc) is 2.79. The number of ether oxygens (including phenoxy) is 1. The molecule has 5 rings (SSSR count). The van der Waals surface area contributed by atoms with Gasteiger partial charge in [-0.1, -0.05) is 12.1 Å². The Kier molecular flexibility index (Phi) is 5.38. The molecule has 1 aromatic heterocycles. The second-order valence-electron chi connectivity index (χ2n) is 8.44. The summed E-state index contributed by atoms with van der Waals surface area (Å²) in [6.45, 7) is 3.71. The summed E-state index contributed by atoms with van der Waals surface area (Å²) in [6.07, 6.45) is 2.73. The quantitative estimate of drug-likeness (QED) is 0.627. The lowest BCUT2D eigenvalue weighted by Gasteiger charge is -2.43. The summed E-state index contributed by atoms with van der Waals surface area (Å²) in [5.74, 6) is 0.489. The van der Waals surface area contributed by atoms with Crippen molar-refractivity contribution in [3.05, 3.63) is 59.5 Å². The maximum Gasteiger partial charge on any atom is 0.253 e. The number of nitrogens with zero attached hydrogens (tertiary/aromatic N) is 5. The van der Waals surface area contributed by atoms with Crippen LogP contribution in [0.15, 0.2) is 42.6 Å². The summed E-state index contributed by atoms with van der Waals surface area (Å²) in [5, 5.41) is 0. The van der Waals surface area contributed by atoms with Crippen LogP contribution in [-0.2, 0) is 4.74 Å². The zero-order chi connectivity index (χ0) is 22.2. The molecule has 166 valence electrons. The molecule has 0 spiro atoms. The van der Waals surface area contributed by atoms with E-state index in [1.807, 2.05) is 24.3 Å². The number of hydrogen-bond acceptors (Lipinski definition) is 6. The molecular weight excluding hydrogens is 409 g/mol. The molecule has 1 atom stereocenters. The zero-order valence-electron chi connectivity index (χ0n) is 18.3. The molecule has 2 saturated heterocycles. The van der Waals surface area contributed by atoms with Crippen LogP contribution < -0.4 is 9.80 Å². The first kappa shape index (κ1) is 20.6. The van der Waals surface area contributed by atoms with Crippen LogP contribution >= 0.6 is 0 Å². The summed E-state index contributed by atoms with van der Waals surface area (Å²) in [4.78, 5) is 28.4. The topological polar surface area (TPSA) is 61.8 Å². The highest BCUT2D eigenvalue weighted by Crippen LogP contribution is 2.41. The highest BCUT2D eigenvalue weighted by molar-refractivity contribution is 6.01. The molecule has 0 bridgehead atoms. The van der Waals surface area contributed by atoms with Gasteiger partial charge in [-0.3, -0.25) is 9.78 Å². The predicted molar refractivity (Wildman–Crippen MR) is 122 cm³/mol. The fourth-order valence-electron chi connectivity index (χ4n) is 4.34. The largest absolute Gasteiger partial charge is 0.378 e. The van der Waals surface area contributed by atoms with Crippen LogP contribution in [0, 0.1) is 5.82 Å². The molecule has 1 unspecified atom stereocenters. The van der Waals surface area contributed by atoms with E-state index in [9.17, 15) is 9.18 Å². The van der Waals surface area contributed by atoms with E-state index < -0.39 is 0 Å². The van der Waals surface area contributed by atoms with Gasteiger partial charge in [0.1, 0.15) is 17.2 Å². The van der Waals surface area contributed by atoms with Gasteiger partial charge in [0.25, 0.3) is 5.91 Å². The Hall–Kier alpha value is -3.26. The van der Waals surface area contributed by atoms with E-state index in [1.165, 1.54) is 12.1 Å². The normalized spacial score (nSPS) is 18.5. The Morgan fingerprint density at radius 3 is 2.53 bits per heavy atom. The lowest BCUT2D eigenvalue weighted by molar-refractivity contribution is 0.0827. The van der Waals surface area contributed by atoms with Crippen LogP contribution in [0.5, 0.6) is 0 Å². The second-order valence-corrected chi connectivity index (χ2v) is 8.44. The number of halogens is 1. The van der Waals surface area contributed by atoms with Gasteiger partial charge in [0.15, 0.2) is 0 Å². The van der Waals surface area contributed by atoms with Crippen LogP contribution in [0.3, 0.4) is 0 Å². The van der Waals surface area contributed by atoms with E-state index in [-0.39, 0.29) is 17.8 Å². The first-order chi connectivity index (χ1) is 15.5. The third-order valence-electron chi connectivity index (χ3n) is 6.19. The number of aromatic nitrogens is 2. The molecule has 1 amide bonds. The minimum Gasteiger partial charge on any atom is -0.378 e. The molecule has 2 fully saturated rings. The molecule has 32 heavy (non-hydrogen) atoms. The number of carbonyl (C=O) groups excluding carboxylic acids is 1. The molecule has 3 aromatic rings. The van der Waals surface area contributed by atoms with E-state index >= 15 is 0 Å². The highest BCUT2D eigenvalue weighted by atomic mass is 19.1. The fourth-order valence-corrected chi connectivity index (χ4v) is 4.34. The van der Waals surface area contributed by atoms with Gasteiger partial charge >= 0.3 is 0 Å². The molecule has 2 aromatic carbocycles. The van der Waals surface area contributed by atoms with E-state index in [2.05, 4.69) is 14.8 Å². The Morgan fingerprint density at radius 1 is 1.12 bits per heavy atom. The van der Waals surface area contributed by atoms with E-state index in [4.69, 9.17) is 9.72 Å². The van der Waals surface area contributed by atoms with Gasteiger partial charge in [-0.15, -0.1) is 0 Å². The molecule has 8 heteroatoms. The van der Waals surface area contributed by atoms with Crippen molar-refractivity contribution in [2.75, 3.05) is 56.7 Å². The number of benzene rings is 2. The van der Waals surface area contributed by atoms with Gasteiger partial charge in [0.05, 0.1) is 36.7 Å². The van der Waals surface area contributed by atoms with Crippen molar-refractivity contribution >= 4 is 28.4 Å². The maximum atomic E-state index is 13.5. The van der Waals surface area contributed by atoms with Crippen molar-refractivity contribution in [1.29, 1.82) is 0 Å². The Balaban J connectivity index is 1.60. The first-order valence-corrected chi connectivity index (χ1v) is 10.9. The van der Waals surface area contributed by atoms with Crippen molar-refractivity contribution in [2.45, 2.75) is 12.5 Å². The molecule has 0 aliphatic carbocycles. The smallest absolute Gasteiger partial charge is 0.253 e. The molecule has 0 radical (unpaired) electrons. The van der Waals surface area contributed by atoms with Gasteiger partial charge in [-0.05, 0) is 36.2 Å². The molecule has 0 N–H and O–H groups in total. The monoisotopic (exact) mass is 435 g/mol. The van der Waals surface area contributed by atoms with Crippen molar-refractivity contribution < 1.29 is 13.9 Å². The van der Waals surface area contributed by atoms with Crippen molar-refractivity contribution in [3.63, 3.8) is 0 Å². The number of hydrogen-bond donors (Lipinski definition) is 0. The number of anilines is 2. The maximum absolute atomic E-state index is 13.5. The number of rotatable bonds is 4. The number of carbonyl (C=O) groups is 1. The Morgan fingerprint density at radius 2 is 1.88 bits per heavy atom. The third kappa shape index (κ3) is 3.75. The predicted octanol–water partition coefficient (Wildman–Crippen LogP) is 3.26. The molecule has 2 aliphatic rings. The van der Waals surface area contributed by atoms with E-state index in [0.29, 0.717) is 24.3 Å². The summed E-state index contributed by atoms with van der Waals surface area (Å²) in [7, 11) is 3.48. The van der Waals surface area contributed by atoms with Crippen LogP contribution in [0.1, 0.15) is 28.4 Å². The molecule has 7 nitrogen and oxygen atoms in total. The van der Waals surface area contributed by atoms with Gasteiger partial charge < -0.3 is 19.4 Å². The number of morpholine rings is 1. The SMILES string of the molecule is CN(C)C(=O)c1cc(N2CCC2c2ccc(F)cc2)c2nc(N3CCOCC3)cnc2c1. The number of fused-ring (bicyclic) bond motifs is 1. The first-order valence-electron chi connectivity index (χ1n) is 10.9. The lowest BCUT2D eigenvalue weighted by Crippen LogP contribution is -2.41. The van der Waals surface area contributed by atoms with Crippen molar-refractivity contribution in [2.24, 2.45) is 0 Å². The minimum absolute atomic E-state index is 0.0777. The van der Waals surface area contributed by atoms with Crippen LogP contribution in [-0.4, -0.2) is 67.7 Å². The summed E-state index contributed by atoms with van der Waals surface area (Å²) in [6, 6.07) is 10.5. The summed E-state index contributed by atoms with van der Waals surface area (Å²) >= 11 is 0. The van der Waals surface area contributed by atoms with Crippen molar-refractivity contribution in [1.82, 2.24) is 14.9 Å². The molecular formula is C24H26FN5O2. The molecule has 3 heterocycles.